The number of hydrogen-bond donors (Lipinski definition) is 1. The Bertz CT molecular complexity index is 393. The van der Waals surface area contributed by atoms with Crippen LogP contribution in [0.3, 0.4) is 0 Å². The molecular weight excluding hydrogens is 217 g/mol. The Labute approximate surface area is 91.7 Å². The van der Waals surface area contributed by atoms with Crippen molar-refractivity contribution in [2.24, 2.45) is 5.92 Å². The van der Waals surface area contributed by atoms with E-state index in [1.165, 1.54) is 6.07 Å². The molecule has 0 bridgehead atoms. The van der Waals surface area contributed by atoms with E-state index in [9.17, 15) is 13.2 Å². The van der Waals surface area contributed by atoms with Crippen molar-refractivity contribution in [2.75, 3.05) is 11.9 Å². The van der Waals surface area contributed by atoms with E-state index in [2.05, 4.69) is 5.32 Å². The summed E-state index contributed by atoms with van der Waals surface area (Å²) in [6, 6.07) is 6.92. The molecule has 86 valence electrons. The van der Waals surface area contributed by atoms with Gasteiger partial charge < -0.3 is 5.32 Å². The molecule has 5 heteroatoms. The van der Waals surface area contributed by atoms with Crippen LogP contribution < -0.4 is 5.32 Å². The first kappa shape index (κ1) is 12.4. The number of nitrogens with zero attached hydrogens (tertiary/aromatic N) is 1. The Balaban J connectivity index is 2.73. The first-order valence-corrected chi connectivity index (χ1v) is 4.74. The molecular formula is C11H11F3N2. The number of anilines is 1. The first-order valence-electron chi connectivity index (χ1n) is 4.74. The summed E-state index contributed by atoms with van der Waals surface area (Å²) in [4.78, 5) is 0. The molecule has 0 aliphatic rings. The van der Waals surface area contributed by atoms with Gasteiger partial charge in [-0.25, -0.2) is 0 Å². The lowest BCUT2D eigenvalue weighted by atomic mass is 10.1. The fourth-order valence-corrected chi connectivity index (χ4v) is 1.12. The highest BCUT2D eigenvalue weighted by atomic mass is 19.4. The van der Waals surface area contributed by atoms with Gasteiger partial charge in [-0.05, 0) is 25.1 Å². The molecule has 0 saturated carbocycles. The van der Waals surface area contributed by atoms with Gasteiger partial charge in [-0.15, -0.1) is 0 Å². The summed E-state index contributed by atoms with van der Waals surface area (Å²) in [7, 11) is 0. The van der Waals surface area contributed by atoms with Gasteiger partial charge in [-0.3, -0.25) is 0 Å². The number of alkyl halides is 3. The smallest absolute Gasteiger partial charge is 0.384 e. The third-order valence-corrected chi connectivity index (χ3v) is 2.02. The molecule has 0 spiro atoms. The Kier molecular flexibility index (Phi) is 3.78. The average molecular weight is 228 g/mol. The van der Waals surface area contributed by atoms with Crippen molar-refractivity contribution in [3.05, 3.63) is 29.8 Å². The van der Waals surface area contributed by atoms with Crippen LogP contribution in [-0.2, 0) is 6.18 Å². The highest BCUT2D eigenvalue weighted by Gasteiger charge is 2.30. The van der Waals surface area contributed by atoms with Crippen LogP contribution in [0.4, 0.5) is 18.9 Å². The molecule has 1 aromatic carbocycles. The normalized spacial score (nSPS) is 12.9. The molecule has 1 unspecified atom stereocenters. The summed E-state index contributed by atoms with van der Waals surface area (Å²) in [6.07, 6.45) is -4.33. The summed E-state index contributed by atoms with van der Waals surface area (Å²) < 4.78 is 37.1. The molecule has 0 aliphatic carbocycles. The van der Waals surface area contributed by atoms with Crippen LogP contribution in [0, 0.1) is 17.2 Å². The fourth-order valence-electron chi connectivity index (χ4n) is 1.12. The van der Waals surface area contributed by atoms with E-state index in [1.54, 1.807) is 13.0 Å². The van der Waals surface area contributed by atoms with Gasteiger partial charge in [0.15, 0.2) is 0 Å². The minimum absolute atomic E-state index is 0.241. The minimum Gasteiger partial charge on any atom is -0.384 e. The summed E-state index contributed by atoms with van der Waals surface area (Å²) >= 11 is 0. The Morgan fingerprint density at radius 1 is 1.44 bits per heavy atom. The Morgan fingerprint density at radius 3 is 2.69 bits per heavy atom. The molecule has 0 radical (unpaired) electrons. The summed E-state index contributed by atoms with van der Waals surface area (Å²) in [6.45, 7) is 2.03. The maximum Gasteiger partial charge on any atom is 0.416 e. The Morgan fingerprint density at radius 2 is 2.12 bits per heavy atom. The van der Waals surface area contributed by atoms with Gasteiger partial charge in [-0.1, -0.05) is 6.07 Å². The van der Waals surface area contributed by atoms with Crippen molar-refractivity contribution in [2.45, 2.75) is 13.1 Å². The predicted octanol–water partition coefficient (Wildman–Crippen LogP) is 3.28. The lowest BCUT2D eigenvalue weighted by Gasteiger charge is -2.11. The summed E-state index contributed by atoms with van der Waals surface area (Å²) in [5.41, 5.74) is -0.320. The van der Waals surface area contributed by atoms with Gasteiger partial charge in [0.25, 0.3) is 0 Å². The van der Waals surface area contributed by atoms with Gasteiger partial charge in [0.05, 0.1) is 17.6 Å². The molecule has 16 heavy (non-hydrogen) atoms. The van der Waals surface area contributed by atoms with E-state index in [-0.39, 0.29) is 5.92 Å². The van der Waals surface area contributed by atoms with Crippen molar-refractivity contribution >= 4 is 5.69 Å². The largest absolute Gasteiger partial charge is 0.416 e. The Hall–Kier alpha value is -1.70. The number of nitrogens with one attached hydrogen (secondary N) is 1. The van der Waals surface area contributed by atoms with Crippen LogP contribution in [0.25, 0.3) is 0 Å². The maximum atomic E-state index is 12.4. The highest BCUT2D eigenvalue weighted by Crippen LogP contribution is 2.30. The second-order valence-electron chi connectivity index (χ2n) is 3.49. The quantitative estimate of drug-likeness (QED) is 0.861. The van der Waals surface area contributed by atoms with Gasteiger partial charge >= 0.3 is 6.18 Å². The fraction of sp³-hybridized carbons (Fsp3) is 0.364. The number of benzene rings is 1. The van der Waals surface area contributed by atoms with Gasteiger partial charge in [0.1, 0.15) is 0 Å². The molecule has 1 atom stereocenters. The lowest BCUT2D eigenvalue weighted by Crippen LogP contribution is -2.11. The van der Waals surface area contributed by atoms with Crippen molar-refractivity contribution in [1.29, 1.82) is 5.26 Å². The standard InChI is InChI=1S/C11H11F3N2/c1-8(6-15)7-16-10-4-2-3-9(5-10)11(12,13)14/h2-5,8,16H,7H2,1H3. The second kappa shape index (κ2) is 4.88. The van der Waals surface area contributed by atoms with Crippen LogP contribution >= 0.6 is 0 Å². The van der Waals surface area contributed by atoms with Crippen molar-refractivity contribution in [3.8, 4) is 6.07 Å². The maximum absolute atomic E-state index is 12.4. The van der Waals surface area contributed by atoms with E-state index in [4.69, 9.17) is 5.26 Å². The SMILES string of the molecule is CC(C#N)CNc1cccc(C(F)(F)F)c1. The number of halogens is 3. The summed E-state index contributed by atoms with van der Waals surface area (Å²) in [5, 5.41) is 11.3. The average Bonchev–Trinajstić information content (AvgIpc) is 2.25. The number of hydrogen-bond acceptors (Lipinski definition) is 2. The third kappa shape index (κ3) is 3.46. The van der Waals surface area contributed by atoms with Crippen LogP contribution in [0.5, 0.6) is 0 Å². The zero-order valence-corrected chi connectivity index (χ0v) is 8.67. The lowest BCUT2D eigenvalue weighted by molar-refractivity contribution is -0.137. The minimum atomic E-state index is -4.33. The molecule has 2 nitrogen and oxygen atoms in total. The van der Waals surface area contributed by atoms with Crippen LogP contribution in [0.1, 0.15) is 12.5 Å². The molecule has 1 N–H and O–H groups in total. The zero-order valence-electron chi connectivity index (χ0n) is 8.67. The number of rotatable bonds is 3. The first-order chi connectivity index (χ1) is 7.43. The molecule has 0 amide bonds. The van der Waals surface area contributed by atoms with Crippen LogP contribution in [0.15, 0.2) is 24.3 Å². The third-order valence-electron chi connectivity index (χ3n) is 2.02. The summed E-state index contributed by atoms with van der Waals surface area (Å²) in [5.74, 6) is -0.241. The van der Waals surface area contributed by atoms with Gasteiger partial charge in [-0.2, -0.15) is 18.4 Å². The second-order valence-corrected chi connectivity index (χ2v) is 3.49. The zero-order chi connectivity index (χ0) is 12.2. The van der Waals surface area contributed by atoms with E-state index >= 15 is 0 Å². The van der Waals surface area contributed by atoms with Crippen molar-refractivity contribution in [3.63, 3.8) is 0 Å². The molecule has 0 saturated heterocycles. The van der Waals surface area contributed by atoms with Crippen molar-refractivity contribution < 1.29 is 13.2 Å². The van der Waals surface area contributed by atoms with E-state index in [1.807, 2.05) is 6.07 Å². The van der Waals surface area contributed by atoms with E-state index < -0.39 is 11.7 Å². The molecule has 0 fully saturated rings. The molecule has 0 heterocycles. The topological polar surface area (TPSA) is 35.8 Å². The number of nitriles is 1. The predicted molar refractivity (Wildman–Crippen MR) is 54.7 cm³/mol. The van der Waals surface area contributed by atoms with Gasteiger partial charge in [0, 0.05) is 12.2 Å². The molecule has 0 aromatic heterocycles. The van der Waals surface area contributed by atoms with Crippen LogP contribution in [-0.4, -0.2) is 6.54 Å². The molecule has 1 aromatic rings. The van der Waals surface area contributed by atoms with Crippen LogP contribution in [0.2, 0.25) is 0 Å². The molecule has 0 aliphatic heterocycles. The van der Waals surface area contributed by atoms with E-state index in [0.29, 0.717) is 12.2 Å². The monoisotopic (exact) mass is 228 g/mol. The van der Waals surface area contributed by atoms with Crippen molar-refractivity contribution in [1.82, 2.24) is 0 Å². The highest BCUT2D eigenvalue weighted by molar-refractivity contribution is 5.46. The molecule has 1 rings (SSSR count). The van der Waals surface area contributed by atoms with Gasteiger partial charge in [0.2, 0.25) is 0 Å². The van der Waals surface area contributed by atoms with E-state index in [0.717, 1.165) is 12.1 Å².